The molecule has 2 rings (SSSR count). The van der Waals surface area contributed by atoms with Gasteiger partial charge in [0.05, 0.1) is 23.7 Å². The van der Waals surface area contributed by atoms with Crippen molar-refractivity contribution in [1.82, 2.24) is 0 Å². The zero-order valence-corrected chi connectivity index (χ0v) is 9.28. The van der Waals surface area contributed by atoms with Crippen LogP contribution in [0.25, 0.3) is 0 Å². The average Bonchev–Trinajstić information content (AvgIpc) is 2.32. The van der Waals surface area contributed by atoms with Gasteiger partial charge in [0.1, 0.15) is 11.9 Å². The Balaban J connectivity index is 2.34. The molecule has 0 saturated carbocycles. The predicted octanol–water partition coefficient (Wildman–Crippen LogP) is 0.467. The number of hydrogen-bond donors (Lipinski definition) is 2. The van der Waals surface area contributed by atoms with Crippen molar-refractivity contribution in [2.24, 2.45) is 10.9 Å². The number of non-ortho nitro benzene ring substituents is 1. The lowest BCUT2D eigenvalue weighted by Crippen LogP contribution is -2.39. The zero-order valence-electron chi connectivity index (χ0n) is 9.28. The molecule has 8 nitrogen and oxygen atoms in total. The highest BCUT2D eigenvalue weighted by Crippen LogP contribution is 2.26. The van der Waals surface area contributed by atoms with E-state index in [0.717, 1.165) is 0 Å². The van der Waals surface area contributed by atoms with Crippen LogP contribution in [0.15, 0.2) is 23.4 Å². The van der Waals surface area contributed by atoms with E-state index in [-0.39, 0.29) is 23.2 Å². The lowest BCUT2D eigenvalue weighted by molar-refractivity contribution is -0.384. The van der Waals surface area contributed by atoms with Crippen LogP contribution < -0.4 is 10.5 Å². The van der Waals surface area contributed by atoms with Gasteiger partial charge in [-0.1, -0.05) is 5.16 Å². The summed E-state index contributed by atoms with van der Waals surface area (Å²) in [6.45, 7) is 0.902. The van der Waals surface area contributed by atoms with Crippen molar-refractivity contribution in [3.63, 3.8) is 0 Å². The van der Waals surface area contributed by atoms with Crippen LogP contribution in [0.4, 0.5) is 5.69 Å². The number of rotatable bonds is 4. The minimum atomic E-state index is -0.565. The maximum absolute atomic E-state index is 10.7. The van der Waals surface area contributed by atoms with E-state index in [4.69, 9.17) is 20.4 Å². The third-order valence-electron chi connectivity index (χ3n) is 2.46. The highest BCUT2D eigenvalue weighted by Gasteiger charge is 2.23. The first-order valence-corrected chi connectivity index (χ1v) is 5.12. The van der Waals surface area contributed by atoms with Crippen LogP contribution in [0.2, 0.25) is 0 Å². The van der Waals surface area contributed by atoms with E-state index in [1.54, 1.807) is 0 Å². The summed E-state index contributed by atoms with van der Waals surface area (Å²) in [5.41, 5.74) is 5.49. The molecule has 0 aromatic heterocycles. The average molecular weight is 253 g/mol. The molecule has 1 heterocycles. The van der Waals surface area contributed by atoms with E-state index < -0.39 is 4.92 Å². The number of oxime groups is 1. The van der Waals surface area contributed by atoms with Gasteiger partial charge in [0, 0.05) is 12.1 Å². The van der Waals surface area contributed by atoms with E-state index in [1.165, 1.54) is 18.2 Å². The molecule has 0 radical (unpaired) electrons. The molecule has 1 saturated heterocycles. The van der Waals surface area contributed by atoms with Gasteiger partial charge in [-0.3, -0.25) is 10.1 Å². The third-order valence-corrected chi connectivity index (χ3v) is 2.46. The summed E-state index contributed by atoms with van der Waals surface area (Å²) in [7, 11) is 0. The molecule has 0 unspecified atom stereocenters. The SMILES string of the molecule is N/C(=N/O)c1cc([N+](=O)[O-])ccc1OC1COC1. The second-order valence-corrected chi connectivity index (χ2v) is 3.70. The zero-order chi connectivity index (χ0) is 13.1. The Bertz CT molecular complexity index is 498. The standard InChI is InChI=1S/C10H11N3O5/c11-10(12-14)8-3-6(13(15)16)1-2-9(8)18-7-4-17-5-7/h1-3,7,14H,4-5H2,(H2,11,12). The normalized spacial score (nSPS) is 16.1. The van der Waals surface area contributed by atoms with Gasteiger partial charge < -0.3 is 20.4 Å². The van der Waals surface area contributed by atoms with Gasteiger partial charge in [-0.2, -0.15) is 0 Å². The Morgan fingerprint density at radius 1 is 1.61 bits per heavy atom. The lowest BCUT2D eigenvalue weighted by Gasteiger charge is -2.27. The molecule has 0 bridgehead atoms. The topological polar surface area (TPSA) is 120 Å². The molecule has 1 fully saturated rings. The Kier molecular flexibility index (Phi) is 3.28. The van der Waals surface area contributed by atoms with E-state index in [2.05, 4.69) is 5.16 Å². The van der Waals surface area contributed by atoms with Crippen molar-refractivity contribution < 1.29 is 19.6 Å². The van der Waals surface area contributed by atoms with Crippen LogP contribution in [0.5, 0.6) is 5.75 Å². The fraction of sp³-hybridized carbons (Fsp3) is 0.300. The maximum Gasteiger partial charge on any atom is 0.270 e. The molecular formula is C10H11N3O5. The number of nitrogens with two attached hydrogens (primary N) is 1. The Morgan fingerprint density at radius 3 is 2.83 bits per heavy atom. The van der Waals surface area contributed by atoms with Gasteiger partial charge in [0.15, 0.2) is 5.84 Å². The van der Waals surface area contributed by atoms with Crippen LogP contribution in [0.3, 0.4) is 0 Å². The largest absolute Gasteiger partial charge is 0.485 e. The second kappa shape index (κ2) is 4.88. The number of hydrogen-bond acceptors (Lipinski definition) is 6. The van der Waals surface area contributed by atoms with E-state index in [9.17, 15) is 10.1 Å². The van der Waals surface area contributed by atoms with E-state index in [0.29, 0.717) is 19.0 Å². The number of nitro benzene ring substituents is 1. The van der Waals surface area contributed by atoms with Crippen molar-refractivity contribution in [3.8, 4) is 5.75 Å². The van der Waals surface area contributed by atoms with Crippen LogP contribution >= 0.6 is 0 Å². The number of nitro groups is 1. The molecule has 1 aromatic rings. The molecule has 0 spiro atoms. The minimum absolute atomic E-state index is 0.114. The van der Waals surface area contributed by atoms with E-state index >= 15 is 0 Å². The summed E-state index contributed by atoms with van der Waals surface area (Å²) < 4.78 is 10.5. The minimum Gasteiger partial charge on any atom is -0.485 e. The molecule has 8 heteroatoms. The smallest absolute Gasteiger partial charge is 0.270 e. The summed E-state index contributed by atoms with van der Waals surface area (Å²) in [6.07, 6.45) is -0.114. The molecule has 18 heavy (non-hydrogen) atoms. The first-order chi connectivity index (χ1) is 8.61. The number of nitrogens with zero attached hydrogens (tertiary/aromatic N) is 2. The monoisotopic (exact) mass is 253 g/mol. The molecule has 0 aliphatic carbocycles. The summed E-state index contributed by atoms with van der Waals surface area (Å²) in [4.78, 5) is 10.1. The molecule has 1 aromatic carbocycles. The second-order valence-electron chi connectivity index (χ2n) is 3.70. The fourth-order valence-electron chi connectivity index (χ4n) is 1.45. The van der Waals surface area contributed by atoms with E-state index in [1.807, 2.05) is 0 Å². The molecule has 3 N–H and O–H groups in total. The number of amidine groups is 1. The van der Waals surface area contributed by atoms with Gasteiger partial charge in [0.25, 0.3) is 5.69 Å². The Hall–Kier alpha value is -2.35. The van der Waals surface area contributed by atoms with Gasteiger partial charge in [-0.25, -0.2) is 0 Å². The van der Waals surface area contributed by atoms with Gasteiger partial charge in [-0.05, 0) is 6.07 Å². The molecule has 96 valence electrons. The van der Waals surface area contributed by atoms with Crippen molar-refractivity contribution in [2.45, 2.75) is 6.10 Å². The highest BCUT2D eigenvalue weighted by atomic mass is 16.6. The van der Waals surface area contributed by atoms with Crippen molar-refractivity contribution in [3.05, 3.63) is 33.9 Å². The van der Waals surface area contributed by atoms with Gasteiger partial charge in [-0.15, -0.1) is 0 Å². The summed E-state index contributed by atoms with van der Waals surface area (Å²) in [5.74, 6) is 0.0816. The van der Waals surface area contributed by atoms with Crippen molar-refractivity contribution in [1.29, 1.82) is 0 Å². The van der Waals surface area contributed by atoms with Gasteiger partial charge >= 0.3 is 0 Å². The fourth-order valence-corrected chi connectivity index (χ4v) is 1.45. The third kappa shape index (κ3) is 2.33. The van der Waals surface area contributed by atoms with Crippen LogP contribution in [-0.2, 0) is 4.74 Å². The molecular weight excluding hydrogens is 242 g/mol. The van der Waals surface area contributed by atoms with Crippen molar-refractivity contribution in [2.75, 3.05) is 13.2 Å². The summed E-state index contributed by atoms with van der Waals surface area (Å²) >= 11 is 0. The predicted molar refractivity (Wildman–Crippen MR) is 60.8 cm³/mol. The highest BCUT2D eigenvalue weighted by molar-refractivity contribution is 6.00. The molecule has 1 aliphatic heterocycles. The van der Waals surface area contributed by atoms with Crippen LogP contribution in [0, 0.1) is 10.1 Å². The summed E-state index contributed by atoms with van der Waals surface area (Å²) in [6, 6.07) is 3.91. The summed E-state index contributed by atoms with van der Waals surface area (Å²) in [5, 5.41) is 22.2. The quantitative estimate of drug-likeness (QED) is 0.264. The van der Waals surface area contributed by atoms with Crippen molar-refractivity contribution >= 4 is 11.5 Å². The lowest BCUT2D eigenvalue weighted by atomic mass is 10.1. The Morgan fingerprint density at radius 2 is 2.33 bits per heavy atom. The van der Waals surface area contributed by atoms with Gasteiger partial charge in [0.2, 0.25) is 0 Å². The molecule has 1 aliphatic rings. The number of benzene rings is 1. The Labute approximate surface area is 102 Å². The first-order valence-electron chi connectivity index (χ1n) is 5.12. The molecule has 0 amide bonds. The molecule has 0 atom stereocenters. The number of ether oxygens (including phenoxy) is 2. The maximum atomic E-state index is 10.7. The van der Waals surface area contributed by atoms with Crippen LogP contribution in [0.1, 0.15) is 5.56 Å². The van der Waals surface area contributed by atoms with Crippen LogP contribution in [-0.4, -0.2) is 35.3 Å². The first kappa shape index (κ1) is 12.1.